The lowest BCUT2D eigenvalue weighted by atomic mass is 9.80. The average Bonchev–Trinajstić information content (AvgIpc) is 2.78. The van der Waals surface area contributed by atoms with Gasteiger partial charge >= 0.3 is 0 Å². The minimum Gasteiger partial charge on any atom is -0.348 e. The van der Waals surface area contributed by atoms with Gasteiger partial charge in [-0.25, -0.2) is 0 Å². The Kier molecular flexibility index (Phi) is 6.63. The van der Waals surface area contributed by atoms with Crippen molar-refractivity contribution in [2.24, 2.45) is 16.8 Å². The molecule has 2 aromatic carbocycles. The highest BCUT2D eigenvalue weighted by atomic mass is 35.5. The number of hydrogen-bond acceptors (Lipinski definition) is 5. The van der Waals surface area contributed by atoms with Gasteiger partial charge in [0.1, 0.15) is 0 Å². The molecule has 3 amide bonds. The Morgan fingerprint density at radius 2 is 1.91 bits per heavy atom. The van der Waals surface area contributed by atoms with Gasteiger partial charge in [-0.15, -0.1) is 0 Å². The predicted octanol–water partition coefficient (Wildman–Crippen LogP) is 4.27. The molecule has 33 heavy (non-hydrogen) atoms. The molecule has 1 fully saturated rings. The van der Waals surface area contributed by atoms with E-state index in [0.29, 0.717) is 45.4 Å². The number of piperidine rings is 1. The van der Waals surface area contributed by atoms with Gasteiger partial charge in [-0.1, -0.05) is 29.3 Å². The lowest BCUT2D eigenvalue weighted by molar-refractivity contribution is -0.136. The molecule has 2 heterocycles. The lowest BCUT2D eigenvalue weighted by Crippen LogP contribution is -2.42. The van der Waals surface area contributed by atoms with Crippen LogP contribution in [0.2, 0.25) is 10.0 Å². The van der Waals surface area contributed by atoms with Crippen molar-refractivity contribution >= 4 is 58.1 Å². The molecule has 0 aliphatic carbocycles. The van der Waals surface area contributed by atoms with Crippen molar-refractivity contribution in [2.45, 2.75) is 32.7 Å². The zero-order chi connectivity index (χ0) is 23.7. The van der Waals surface area contributed by atoms with Gasteiger partial charge in [0.15, 0.2) is 5.78 Å². The summed E-state index contributed by atoms with van der Waals surface area (Å²) >= 11 is 11.9. The van der Waals surface area contributed by atoms with Gasteiger partial charge in [0.2, 0.25) is 11.8 Å². The van der Waals surface area contributed by atoms with Gasteiger partial charge in [-0.05, 0) is 55.7 Å². The number of fused-ring (bicyclic) bond motifs is 1. The van der Waals surface area contributed by atoms with Crippen molar-refractivity contribution in [1.29, 1.82) is 0 Å². The molecule has 7 nitrogen and oxygen atoms in total. The van der Waals surface area contributed by atoms with Gasteiger partial charge in [-0.3, -0.25) is 29.5 Å². The number of carbonyl (C=O) groups excluding carboxylic acids is 4. The molecule has 0 bridgehead atoms. The topological polar surface area (TPSA) is 105 Å². The van der Waals surface area contributed by atoms with Crippen LogP contribution in [0.1, 0.15) is 52.5 Å². The third-order valence-electron chi connectivity index (χ3n) is 5.95. The summed E-state index contributed by atoms with van der Waals surface area (Å²) in [5.41, 5.74) is 2.79. The van der Waals surface area contributed by atoms with E-state index < -0.39 is 11.8 Å². The lowest BCUT2D eigenvalue weighted by Gasteiger charge is -2.27. The Bertz CT molecular complexity index is 1210. The van der Waals surface area contributed by atoms with Crippen LogP contribution in [0, 0.1) is 11.8 Å². The second kappa shape index (κ2) is 9.45. The van der Waals surface area contributed by atoms with E-state index in [4.69, 9.17) is 23.2 Å². The quantitative estimate of drug-likeness (QED) is 0.616. The number of carbonyl (C=O) groups is 4. The third kappa shape index (κ3) is 4.99. The Hall–Kier alpha value is -3.03. The molecule has 2 unspecified atom stereocenters. The molecule has 0 saturated carbocycles. The van der Waals surface area contributed by atoms with Crippen molar-refractivity contribution in [3.63, 3.8) is 0 Å². The van der Waals surface area contributed by atoms with Gasteiger partial charge < -0.3 is 5.32 Å². The summed E-state index contributed by atoms with van der Waals surface area (Å²) in [6.45, 7) is 1.99. The molecule has 0 radical (unpaired) electrons. The monoisotopic (exact) mass is 485 g/mol. The van der Waals surface area contributed by atoms with E-state index in [2.05, 4.69) is 15.6 Å². The van der Waals surface area contributed by atoms with Crippen molar-refractivity contribution in [3.8, 4) is 0 Å². The van der Waals surface area contributed by atoms with Crippen LogP contribution in [-0.4, -0.2) is 29.2 Å². The normalized spacial score (nSPS) is 20.1. The van der Waals surface area contributed by atoms with Crippen LogP contribution >= 0.6 is 23.2 Å². The average molecular weight is 486 g/mol. The van der Waals surface area contributed by atoms with Gasteiger partial charge in [0.05, 0.1) is 21.7 Å². The van der Waals surface area contributed by atoms with Crippen LogP contribution in [0.4, 0.5) is 5.69 Å². The minimum absolute atomic E-state index is 0.111. The first-order valence-corrected chi connectivity index (χ1v) is 11.3. The van der Waals surface area contributed by atoms with E-state index in [-0.39, 0.29) is 36.5 Å². The van der Waals surface area contributed by atoms with Gasteiger partial charge in [-0.2, -0.15) is 0 Å². The van der Waals surface area contributed by atoms with Crippen LogP contribution in [0.3, 0.4) is 0 Å². The second-order valence-electron chi connectivity index (χ2n) is 8.22. The van der Waals surface area contributed by atoms with Crippen LogP contribution in [0.5, 0.6) is 0 Å². The fourth-order valence-corrected chi connectivity index (χ4v) is 4.38. The fraction of sp³-hybridized carbons (Fsp3) is 0.292. The Balaban J connectivity index is 1.47. The molecule has 0 aromatic heterocycles. The molecule has 170 valence electrons. The van der Waals surface area contributed by atoms with E-state index in [0.717, 1.165) is 5.56 Å². The first-order valence-electron chi connectivity index (χ1n) is 10.5. The molecule has 2 N–H and O–H groups in total. The molecular weight excluding hydrogens is 465 g/mol. The first-order chi connectivity index (χ1) is 15.7. The Morgan fingerprint density at radius 3 is 2.64 bits per heavy atom. The van der Waals surface area contributed by atoms with Crippen LogP contribution in [0.25, 0.3) is 0 Å². The van der Waals surface area contributed by atoms with Crippen molar-refractivity contribution in [2.75, 3.05) is 0 Å². The first kappa shape index (κ1) is 23.1. The summed E-state index contributed by atoms with van der Waals surface area (Å²) in [5.74, 6) is -1.98. The maximum absolute atomic E-state index is 13.3. The molecule has 1 saturated heterocycles. The summed E-state index contributed by atoms with van der Waals surface area (Å²) in [6.07, 6.45) is 1.01. The number of nitrogens with zero attached hydrogens (tertiary/aromatic N) is 1. The van der Waals surface area contributed by atoms with Crippen molar-refractivity contribution in [3.05, 3.63) is 63.1 Å². The molecule has 2 atom stereocenters. The molecular formula is C24H21Cl2N3O4. The summed E-state index contributed by atoms with van der Waals surface area (Å²) in [7, 11) is 0. The zero-order valence-corrected chi connectivity index (χ0v) is 19.3. The maximum Gasteiger partial charge on any atom is 0.251 e. The van der Waals surface area contributed by atoms with Gasteiger partial charge in [0.25, 0.3) is 5.91 Å². The summed E-state index contributed by atoms with van der Waals surface area (Å²) < 4.78 is 0. The molecule has 4 rings (SSSR count). The van der Waals surface area contributed by atoms with E-state index >= 15 is 0 Å². The van der Waals surface area contributed by atoms with Crippen LogP contribution in [-0.2, 0) is 16.1 Å². The minimum atomic E-state index is -0.525. The van der Waals surface area contributed by atoms with E-state index in [1.807, 2.05) is 0 Å². The Labute approximate surface area is 200 Å². The molecule has 0 spiro atoms. The predicted molar refractivity (Wildman–Crippen MR) is 125 cm³/mol. The highest BCUT2D eigenvalue weighted by Gasteiger charge is 2.35. The Morgan fingerprint density at radius 1 is 1.12 bits per heavy atom. The number of halogens is 2. The number of amides is 3. The number of imide groups is 1. The zero-order valence-electron chi connectivity index (χ0n) is 17.8. The number of rotatable bonds is 5. The maximum atomic E-state index is 13.3. The number of Topliss-reactive ketones (excluding diaryl/α,β-unsaturated/α-hetero) is 1. The number of aliphatic imine (C=N–C) groups is 1. The smallest absolute Gasteiger partial charge is 0.251 e. The van der Waals surface area contributed by atoms with Crippen LogP contribution in [0.15, 0.2) is 41.4 Å². The number of hydrogen-bond donors (Lipinski definition) is 2. The second-order valence-corrected chi connectivity index (χ2v) is 9.03. The van der Waals surface area contributed by atoms with E-state index in [1.165, 1.54) is 6.07 Å². The van der Waals surface area contributed by atoms with Gasteiger partial charge in [0, 0.05) is 35.7 Å². The largest absolute Gasteiger partial charge is 0.348 e. The van der Waals surface area contributed by atoms with Crippen molar-refractivity contribution < 1.29 is 19.2 Å². The highest BCUT2D eigenvalue weighted by molar-refractivity contribution is 6.42. The third-order valence-corrected chi connectivity index (χ3v) is 6.69. The number of ketones is 1. The molecule has 2 aliphatic heterocycles. The van der Waals surface area contributed by atoms with E-state index in [9.17, 15) is 19.2 Å². The summed E-state index contributed by atoms with van der Waals surface area (Å²) in [5, 5.41) is 5.80. The summed E-state index contributed by atoms with van der Waals surface area (Å²) in [4.78, 5) is 53.8. The molecule has 2 aromatic rings. The SMILES string of the molecule is CC1=Nc2ccc(CNC(=O)c3ccc(Cl)c(Cl)c3)cc2C(=O)C1CC1CCC(=O)NC1=O. The van der Waals surface area contributed by atoms with E-state index in [1.54, 1.807) is 37.3 Å². The van der Waals surface area contributed by atoms with Crippen molar-refractivity contribution in [1.82, 2.24) is 10.6 Å². The highest BCUT2D eigenvalue weighted by Crippen LogP contribution is 2.34. The molecule has 2 aliphatic rings. The molecule has 9 heteroatoms. The number of benzene rings is 2. The fourth-order valence-electron chi connectivity index (χ4n) is 4.08. The van der Waals surface area contributed by atoms with Crippen LogP contribution < -0.4 is 10.6 Å². The standard InChI is InChI=1S/C24H21Cl2N3O4/c1-12-16(9-14-4-7-21(30)29-24(14)33)22(31)17-8-13(2-6-20(17)28-12)11-27-23(32)15-3-5-18(25)19(26)10-15/h2-3,5-6,8,10,14,16H,4,7,9,11H2,1H3,(H,27,32)(H,29,30,33). The number of nitrogens with one attached hydrogen (secondary N) is 2. The summed E-state index contributed by atoms with van der Waals surface area (Å²) in [6, 6.07) is 9.90.